The molecule has 0 radical (unpaired) electrons. The first-order chi connectivity index (χ1) is 11.2. The molecule has 1 N–H and O–H groups in total. The van der Waals surface area contributed by atoms with Crippen molar-refractivity contribution in [2.75, 3.05) is 0 Å². The summed E-state index contributed by atoms with van der Waals surface area (Å²) >= 11 is -1.44. The fourth-order valence-corrected chi connectivity index (χ4v) is 2.35. The Morgan fingerprint density at radius 2 is 1.26 bits per heavy atom. The normalized spacial score (nSPS) is 10.5. The molecule has 0 saturated heterocycles. The molecule has 0 fully saturated rings. The van der Waals surface area contributed by atoms with Gasteiger partial charge in [-0.2, -0.15) is 0 Å². The third-order valence-corrected chi connectivity index (χ3v) is 3.65. The number of aliphatic carboxylic acids is 1. The van der Waals surface area contributed by atoms with E-state index >= 15 is 0 Å². The fraction of sp³-hybridized carbons (Fsp3) is 0.833. The van der Waals surface area contributed by atoms with Crippen LogP contribution in [0.5, 0.6) is 0 Å². The van der Waals surface area contributed by atoms with Gasteiger partial charge in [0, 0.05) is 6.42 Å². The molecule has 0 unspecified atom stereocenters. The molecule has 4 nitrogen and oxygen atoms in total. The zero-order chi connectivity index (χ0) is 17.6. The summed E-state index contributed by atoms with van der Waals surface area (Å²) in [6.45, 7) is 2.26. The summed E-state index contributed by atoms with van der Waals surface area (Å²) in [7, 11) is 0. The number of hydrogen-bond acceptors (Lipinski definition) is 3. The second kappa shape index (κ2) is 23.8. The molecule has 0 aliphatic carbocycles. The van der Waals surface area contributed by atoms with Crippen molar-refractivity contribution in [2.24, 2.45) is 0 Å². The molecule has 0 aliphatic heterocycles. The summed E-state index contributed by atoms with van der Waals surface area (Å²) in [5, 5.41) is 8.51. The van der Waals surface area contributed by atoms with E-state index in [1.807, 2.05) is 0 Å². The molecule has 0 aliphatic rings. The van der Waals surface area contributed by atoms with Gasteiger partial charge in [0.25, 0.3) is 0 Å². The third kappa shape index (κ3) is 30.0. The summed E-state index contributed by atoms with van der Waals surface area (Å²) in [6.07, 6.45) is 21.2. The number of rotatable bonds is 15. The summed E-state index contributed by atoms with van der Waals surface area (Å²) in [4.78, 5) is 10.3. The van der Waals surface area contributed by atoms with E-state index in [1.165, 1.54) is 70.6 Å². The van der Waals surface area contributed by atoms with Gasteiger partial charge >= 0.3 is 29.2 Å². The van der Waals surface area contributed by atoms with Gasteiger partial charge in [-0.15, -0.1) is 0 Å². The van der Waals surface area contributed by atoms with Crippen LogP contribution < -0.4 is 4.19 Å². The van der Waals surface area contributed by atoms with Gasteiger partial charge in [-0.1, -0.05) is 70.4 Å². The molecule has 0 rings (SSSR count). The topological polar surface area (TPSA) is 77.4 Å². The van der Waals surface area contributed by atoms with Crippen LogP contribution in [0.3, 0.4) is 0 Å². The Morgan fingerprint density at radius 1 is 0.870 bits per heavy atom. The quantitative estimate of drug-likeness (QED) is 0.256. The van der Waals surface area contributed by atoms with E-state index in [1.54, 1.807) is 0 Å². The first kappa shape index (κ1) is 24.7. The molecule has 138 valence electrons. The minimum atomic E-state index is -1.44. The van der Waals surface area contributed by atoms with Crippen molar-refractivity contribution < 1.29 is 33.1 Å². The molecule has 0 aromatic carbocycles. The van der Waals surface area contributed by atoms with Crippen LogP contribution in [0.4, 0.5) is 0 Å². The zero-order valence-corrected chi connectivity index (χ0v) is 15.8. The number of carbonyl (C=O) groups is 1. The molecule has 23 heavy (non-hydrogen) atoms. The molecule has 0 saturated carbocycles. The second-order valence-corrected chi connectivity index (χ2v) is 5.99. The van der Waals surface area contributed by atoms with Crippen molar-refractivity contribution in [3.8, 4) is 0 Å². The molecule has 0 atom stereocenters. The van der Waals surface area contributed by atoms with Crippen molar-refractivity contribution in [3.05, 3.63) is 12.2 Å². The zero-order valence-electron chi connectivity index (χ0n) is 14.6. The molecular weight excluding hydrogens is 335 g/mol. The molecule has 0 spiro atoms. The van der Waals surface area contributed by atoms with Gasteiger partial charge in [0.1, 0.15) is 0 Å². The van der Waals surface area contributed by atoms with Gasteiger partial charge < -0.3 is 5.11 Å². The van der Waals surface area contributed by atoms with Crippen LogP contribution in [0.1, 0.15) is 96.8 Å². The van der Waals surface area contributed by atoms with Crippen LogP contribution in [0.15, 0.2) is 12.2 Å². The van der Waals surface area contributed by atoms with Crippen LogP contribution in [-0.2, 0) is 23.8 Å². The van der Waals surface area contributed by atoms with Gasteiger partial charge in [-0.05, 0) is 32.1 Å². The Bertz CT molecular complexity index is 280. The summed E-state index contributed by atoms with van der Waals surface area (Å²) in [5.41, 5.74) is 0. The van der Waals surface area contributed by atoms with Gasteiger partial charge in [-0.3, -0.25) is 4.79 Å². The third-order valence-electron chi connectivity index (χ3n) is 3.65. The first-order valence-electron chi connectivity index (χ1n) is 8.95. The van der Waals surface area contributed by atoms with Crippen molar-refractivity contribution in [2.45, 2.75) is 96.8 Å². The number of carboxylic acids is 1. The van der Waals surface area contributed by atoms with Crippen molar-refractivity contribution in [3.63, 3.8) is 0 Å². The van der Waals surface area contributed by atoms with E-state index < -0.39 is 21.2 Å². The Morgan fingerprint density at radius 3 is 1.70 bits per heavy atom. The maximum absolute atomic E-state index is 10.3. The van der Waals surface area contributed by atoms with Crippen LogP contribution in [0.25, 0.3) is 0 Å². The van der Waals surface area contributed by atoms with Gasteiger partial charge in [0.15, 0.2) is 0 Å². The number of allylic oxidation sites excluding steroid dienone is 2. The van der Waals surface area contributed by atoms with Gasteiger partial charge in [0.2, 0.25) is 0 Å². The van der Waals surface area contributed by atoms with Gasteiger partial charge in [0.05, 0.1) is 0 Å². The van der Waals surface area contributed by atoms with Crippen molar-refractivity contribution in [1.29, 1.82) is 0 Å². The molecule has 0 bridgehead atoms. The van der Waals surface area contributed by atoms with E-state index in [0.717, 1.165) is 12.8 Å². The van der Waals surface area contributed by atoms with E-state index in [0.29, 0.717) is 6.42 Å². The average molecular weight is 369 g/mol. The number of hydrogen-bond donors (Lipinski definition) is 1. The molecule has 5 heteroatoms. The number of carboxylic acid groups (broad SMARTS) is 1. The SMILES string of the molecule is CCCCCCCC/C=C\CCCCCCCC(=O)O.[O]=[Mn][O-]. The Kier molecular flexibility index (Phi) is 25.5. The maximum atomic E-state index is 10.3. The Hall–Kier alpha value is -0.511. The van der Waals surface area contributed by atoms with E-state index in [9.17, 15) is 4.79 Å². The van der Waals surface area contributed by atoms with Crippen LogP contribution in [0, 0.1) is 0 Å². The molecule has 0 amide bonds. The summed E-state index contributed by atoms with van der Waals surface area (Å²) < 4.78 is 16.8. The Labute approximate surface area is 148 Å². The second-order valence-electron chi connectivity index (χ2n) is 5.79. The molecule has 0 aromatic heterocycles. The first-order valence-corrected chi connectivity index (χ1v) is 9.91. The van der Waals surface area contributed by atoms with Gasteiger partial charge in [-0.25, -0.2) is 0 Å². The van der Waals surface area contributed by atoms with Crippen LogP contribution >= 0.6 is 0 Å². The summed E-state index contributed by atoms with van der Waals surface area (Å²) in [5.74, 6) is -0.664. The minimum absolute atomic E-state index is 0.332. The standard InChI is InChI=1S/C18H34O2.Mn.2O/c1-2-3-4-5-6-7-8-9-10-11-12-13-14-15-16-17-18(19)20;;;/h9-10H,2-8,11-17H2,1H3,(H,19,20);;;/q;;;-1/b10-9-;;;. The fourth-order valence-electron chi connectivity index (χ4n) is 2.35. The monoisotopic (exact) mass is 369 g/mol. The predicted molar refractivity (Wildman–Crippen MR) is 87.8 cm³/mol. The average Bonchev–Trinajstić information content (AvgIpc) is 2.51. The van der Waals surface area contributed by atoms with Crippen LogP contribution in [0.2, 0.25) is 0 Å². The van der Waals surface area contributed by atoms with E-state index in [-0.39, 0.29) is 0 Å². The van der Waals surface area contributed by atoms with Crippen molar-refractivity contribution in [1.82, 2.24) is 0 Å². The van der Waals surface area contributed by atoms with Crippen LogP contribution in [-0.4, -0.2) is 11.1 Å². The molecule has 0 aromatic rings. The van der Waals surface area contributed by atoms with E-state index in [2.05, 4.69) is 19.1 Å². The predicted octanol–water partition coefficient (Wildman–Crippen LogP) is 4.80. The van der Waals surface area contributed by atoms with Crippen molar-refractivity contribution >= 4 is 5.97 Å². The number of unbranched alkanes of at least 4 members (excludes halogenated alkanes) is 11. The Balaban J connectivity index is 0. The van der Waals surface area contributed by atoms with E-state index in [4.69, 9.17) is 13.1 Å². The molecule has 0 heterocycles. The molecular formula is C18H34MnO4-. The summed E-state index contributed by atoms with van der Waals surface area (Å²) in [6, 6.07) is 0.